The van der Waals surface area contributed by atoms with Gasteiger partial charge in [0.2, 0.25) is 0 Å². The van der Waals surface area contributed by atoms with E-state index in [-0.39, 0.29) is 5.82 Å². The van der Waals surface area contributed by atoms with Crippen LogP contribution in [0.3, 0.4) is 0 Å². The first-order valence-electron chi connectivity index (χ1n) is 7.81. The van der Waals surface area contributed by atoms with Gasteiger partial charge in [-0.25, -0.2) is 4.39 Å². The highest BCUT2D eigenvalue weighted by atomic mass is 19.1. The third-order valence-electron chi connectivity index (χ3n) is 4.26. The molecule has 120 valence electrons. The molecular formula is C19H16FN3O. The number of fused-ring (bicyclic) bond motifs is 1. The number of nitrogens with zero attached hydrogens (tertiary/aromatic N) is 3. The fourth-order valence-electron chi connectivity index (χ4n) is 3.05. The molecule has 0 amide bonds. The summed E-state index contributed by atoms with van der Waals surface area (Å²) in [7, 11) is 0. The zero-order valence-corrected chi connectivity index (χ0v) is 13.0. The summed E-state index contributed by atoms with van der Waals surface area (Å²) < 4.78 is 14.9. The summed E-state index contributed by atoms with van der Waals surface area (Å²) in [5.41, 5.74) is 4.97. The molecule has 0 unspecified atom stereocenters. The average molecular weight is 321 g/mol. The Labute approximate surface area is 139 Å². The van der Waals surface area contributed by atoms with E-state index in [9.17, 15) is 9.18 Å². The van der Waals surface area contributed by atoms with Crippen LogP contribution >= 0.6 is 0 Å². The molecular weight excluding hydrogens is 305 g/mol. The van der Waals surface area contributed by atoms with Crippen LogP contribution in [0, 0.1) is 5.82 Å². The third-order valence-corrected chi connectivity index (χ3v) is 4.26. The summed E-state index contributed by atoms with van der Waals surface area (Å²) in [4.78, 5) is 13.1. The Morgan fingerprint density at radius 3 is 2.71 bits per heavy atom. The molecule has 0 aliphatic carbocycles. The van der Waals surface area contributed by atoms with Crippen molar-refractivity contribution in [3.05, 3.63) is 82.9 Å². The lowest BCUT2D eigenvalue weighted by Gasteiger charge is -2.18. The van der Waals surface area contributed by atoms with Crippen LogP contribution in [0.4, 0.5) is 10.1 Å². The maximum atomic E-state index is 13.0. The SMILES string of the molecule is O=Cc1cccc(N2Cc3cn(Cc4ccc(F)cc4)nc3C2)c1. The van der Waals surface area contributed by atoms with Crippen molar-refractivity contribution < 1.29 is 9.18 Å². The van der Waals surface area contributed by atoms with Crippen molar-refractivity contribution in [3.63, 3.8) is 0 Å². The van der Waals surface area contributed by atoms with Crippen molar-refractivity contribution in [2.24, 2.45) is 0 Å². The third kappa shape index (κ3) is 2.80. The zero-order valence-electron chi connectivity index (χ0n) is 13.0. The van der Waals surface area contributed by atoms with Crippen LogP contribution in [0.15, 0.2) is 54.7 Å². The van der Waals surface area contributed by atoms with Gasteiger partial charge in [0.25, 0.3) is 0 Å². The fourth-order valence-corrected chi connectivity index (χ4v) is 3.05. The van der Waals surface area contributed by atoms with Gasteiger partial charge in [-0.15, -0.1) is 0 Å². The Kier molecular flexibility index (Phi) is 3.61. The molecule has 2 heterocycles. The second kappa shape index (κ2) is 5.92. The quantitative estimate of drug-likeness (QED) is 0.691. The van der Waals surface area contributed by atoms with Crippen molar-refractivity contribution in [2.45, 2.75) is 19.6 Å². The molecule has 5 heteroatoms. The lowest BCUT2D eigenvalue weighted by atomic mass is 10.2. The first-order valence-corrected chi connectivity index (χ1v) is 7.81. The van der Waals surface area contributed by atoms with Crippen LogP contribution in [-0.2, 0) is 19.6 Å². The Morgan fingerprint density at radius 1 is 1.12 bits per heavy atom. The number of rotatable bonds is 4. The molecule has 0 saturated carbocycles. The predicted molar refractivity (Wildman–Crippen MR) is 89.4 cm³/mol. The minimum Gasteiger partial charge on any atom is -0.361 e. The predicted octanol–water partition coefficient (Wildman–Crippen LogP) is 3.40. The number of benzene rings is 2. The summed E-state index contributed by atoms with van der Waals surface area (Å²) in [6.07, 6.45) is 2.91. The molecule has 0 bridgehead atoms. The first kappa shape index (κ1) is 14.6. The largest absolute Gasteiger partial charge is 0.361 e. The minimum absolute atomic E-state index is 0.227. The van der Waals surface area contributed by atoms with Gasteiger partial charge in [-0.3, -0.25) is 9.48 Å². The number of anilines is 1. The van der Waals surface area contributed by atoms with Crippen molar-refractivity contribution >= 4 is 12.0 Å². The number of carbonyl (C=O) groups excluding carboxylic acids is 1. The van der Waals surface area contributed by atoms with E-state index in [4.69, 9.17) is 0 Å². The second-order valence-electron chi connectivity index (χ2n) is 5.99. The summed E-state index contributed by atoms with van der Waals surface area (Å²) >= 11 is 0. The molecule has 24 heavy (non-hydrogen) atoms. The second-order valence-corrected chi connectivity index (χ2v) is 5.99. The summed E-state index contributed by atoms with van der Waals surface area (Å²) in [6.45, 7) is 2.14. The van der Waals surface area contributed by atoms with Crippen molar-refractivity contribution in [3.8, 4) is 0 Å². The molecule has 2 aromatic carbocycles. The highest BCUT2D eigenvalue weighted by Crippen LogP contribution is 2.28. The van der Waals surface area contributed by atoms with Crippen LogP contribution in [-0.4, -0.2) is 16.1 Å². The molecule has 1 aliphatic rings. The number of aromatic nitrogens is 2. The number of hydrogen-bond donors (Lipinski definition) is 0. The van der Waals surface area contributed by atoms with Gasteiger partial charge in [-0.1, -0.05) is 24.3 Å². The van der Waals surface area contributed by atoms with Crippen LogP contribution in [0.5, 0.6) is 0 Å². The van der Waals surface area contributed by atoms with E-state index < -0.39 is 0 Å². The van der Waals surface area contributed by atoms with E-state index in [0.29, 0.717) is 12.1 Å². The highest BCUT2D eigenvalue weighted by Gasteiger charge is 2.23. The van der Waals surface area contributed by atoms with Crippen LogP contribution in [0.25, 0.3) is 0 Å². The van der Waals surface area contributed by atoms with Gasteiger partial charge in [0, 0.05) is 29.6 Å². The van der Waals surface area contributed by atoms with Gasteiger partial charge in [0.15, 0.2) is 0 Å². The molecule has 1 aromatic heterocycles. The van der Waals surface area contributed by atoms with Gasteiger partial charge in [0.05, 0.1) is 18.8 Å². The number of carbonyl (C=O) groups is 1. The lowest BCUT2D eigenvalue weighted by Crippen LogP contribution is -2.16. The molecule has 0 N–H and O–H groups in total. The van der Waals surface area contributed by atoms with E-state index in [0.717, 1.165) is 36.3 Å². The van der Waals surface area contributed by atoms with E-state index in [1.165, 1.54) is 17.7 Å². The summed E-state index contributed by atoms with van der Waals surface area (Å²) in [5.74, 6) is -0.227. The van der Waals surface area contributed by atoms with E-state index in [1.807, 2.05) is 29.1 Å². The number of hydrogen-bond acceptors (Lipinski definition) is 3. The van der Waals surface area contributed by atoms with Gasteiger partial charge in [-0.05, 0) is 29.8 Å². The van der Waals surface area contributed by atoms with Crippen molar-refractivity contribution in [2.75, 3.05) is 4.90 Å². The monoisotopic (exact) mass is 321 g/mol. The standard InChI is InChI=1S/C19H16FN3O/c20-17-6-4-14(5-7-17)9-23-11-16-10-22(12-19(16)21-23)18-3-1-2-15(8-18)13-24/h1-8,11,13H,9-10,12H2. The maximum Gasteiger partial charge on any atom is 0.150 e. The zero-order chi connectivity index (χ0) is 16.5. The van der Waals surface area contributed by atoms with Crippen molar-refractivity contribution in [1.29, 1.82) is 0 Å². The molecule has 0 saturated heterocycles. The van der Waals surface area contributed by atoms with E-state index >= 15 is 0 Å². The minimum atomic E-state index is -0.227. The molecule has 0 radical (unpaired) electrons. The van der Waals surface area contributed by atoms with Crippen LogP contribution < -0.4 is 4.90 Å². The lowest BCUT2D eigenvalue weighted by molar-refractivity contribution is 0.112. The fraction of sp³-hybridized carbons (Fsp3) is 0.158. The highest BCUT2D eigenvalue weighted by molar-refractivity contribution is 5.77. The Balaban J connectivity index is 1.49. The van der Waals surface area contributed by atoms with Crippen molar-refractivity contribution in [1.82, 2.24) is 9.78 Å². The van der Waals surface area contributed by atoms with Gasteiger partial charge < -0.3 is 4.90 Å². The normalized spacial score (nSPS) is 13.1. The molecule has 3 aromatic rings. The number of halogens is 1. The Morgan fingerprint density at radius 2 is 1.96 bits per heavy atom. The first-order chi connectivity index (χ1) is 11.7. The molecule has 4 nitrogen and oxygen atoms in total. The molecule has 0 spiro atoms. The molecule has 0 atom stereocenters. The van der Waals surface area contributed by atoms with E-state index in [2.05, 4.69) is 10.00 Å². The van der Waals surface area contributed by atoms with Gasteiger partial charge in [-0.2, -0.15) is 5.10 Å². The summed E-state index contributed by atoms with van der Waals surface area (Å²) in [6, 6.07) is 14.1. The average Bonchev–Trinajstić information content (AvgIpc) is 3.15. The summed E-state index contributed by atoms with van der Waals surface area (Å²) in [5, 5.41) is 4.64. The van der Waals surface area contributed by atoms with Crippen LogP contribution in [0.1, 0.15) is 27.2 Å². The van der Waals surface area contributed by atoms with E-state index in [1.54, 1.807) is 18.2 Å². The van der Waals surface area contributed by atoms with Gasteiger partial charge in [0.1, 0.15) is 12.1 Å². The molecule has 0 fully saturated rings. The molecule has 4 rings (SSSR count). The maximum absolute atomic E-state index is 13.0. The Bertz CT molecular complexity index is 862. The smallest absolute Gasteiger partial charge is 0.150 e. The number of aldehydes is 1. The van der Waals surface area contributed by atoms with Crippen LogP contribution in [0.2, 0.25) is 0 Å². The molecule has 1 aliphatic heterocycles. The van der Waals surface area contributed by atoms with Gasteiger partial charge >= 0.3 is 0 Å². The Hall–Kier alpha value is -2.95. The topological polar surface area (TPSA) is 38.1 Å².